The van der Waals surface area contributed by atoms with Gasteiger partial charge in [-0.2, -0.15) is 29.1 Å². The first kappa shape index (κ1) is 26.8. The second-order valence-corrected chi connectivity index (χ2v) is 13.3. The summed E-state index contributed by atoms with van der Waals surface area (Å²) in [5.74, 6) is -1.43. The lowest BCUT2D eigenvalue weighted by Gasteiger charge is -2.43. The van der Waals surface area contributed by atoms with E-state index in [1.807, 2.05) is 18.7 Å². The third-order valence-electron chi connectivity index (χ3n) is 7.77. The van der Waals surface area contributed by atoms with E-state index in [1.165, 1.54) is 4.57 Å². The number of anilines is 1. The van der Waals surface area contributed by atoms with Crippen molar-refractivity contribution < 1.29 is 26.7 Å². The van der Waals surface area contributed by atoms with Crippen molar-refractivity contribution in [3.63, 3.8) is 0 Å². The van der Waals surface area contributed by atoms with E-state index in [1.54, 1.807) is 0 Å². The molecule has 1 aromatic heterocycles. The van der Waals surface area contributed by atoms with Gasteiger partial charge in [0.15, 0.2) is 0 Å². The number of thiol groups is 1. The summed E-state index contributed by atoms with van der Waals surface area (Å²) < 4.78 is 79.3. The number of rotatable bonds is 2. The summed E-state index contributed by atoms with van der Waals surface area (Å²) in [5, 5.41) is 3.18. The van der Waals surface area contributed by atoms with Crippen LogP contribution in [-0.2, 0) is 17.5 Å². The van der Waals surface area contributed by atoms with Crippen LogP contribution in [0.25, 0.3) is 10.9 Å². The highest BCUT2D eigenvalue weighted by Crippen LogP contribution is 2.57. The number of aromatic nitrogens is 2. The molecule has 1 unspecified atom stereocenters. The molecule has 0 amide bonds. The standard InChI is InChI=1S/C26H26ClF5N4O2S/c1-13-8-35(14(2)7-33-13)23-16-3-15(26(30,31)32)4-21-22(16)36(24(37)34-23)9-25(10-38-11-25)12-39(21)20-5-17(27)18(28)6-19(20)29/h3-6,13-14,33,39H,7-12H2,1-2H3/t13-,14+/m1/s1. The van der Waals surface area contributed by atoms with Crippen LogP contribution in [0.4, 0.5) is 27.8 Å². The Kier molecular flexibility index (Phi) is 6.40. The third kappa shape index (κ3) is 4.49. The van der Waals surface area contributed by atoms with Crippen molar-refractivity contribution in [2.75, 3.05) is 37.0 Å². The lowest BCUT2D eigenvalue weighted by atomic mass is 9.88. The zero-order chi connectivity index (χ0) is 27.9. The fraction of sp³-hybridized carbons (Fsp3) is 0.462. The fourth-order valence-electron chi connectivity index (χ4n) is 5.74. The molecule has 3 atom stereocenters. The minimum Gasteiger partial charge on any atom is -0.380 e. The molecule has 3 aromatic rings. The van der Waals surface area contributed by atoms with Gasteiger partial charge in [-0.1, -0.05) is 11.6 Å². The minimum atomic E-state index is -4.71. The van der Waals surface area contributed by atoms with Gasteiger partial charge >= 0.3 is 11.9 Å². The summed E-state index contributed by atoms with van der Waals surface area (Å²) in [5.41, 5.74) is -1.83. The van der Waals surface area contributed by atoms with Gasteiger partial charge in [-0.05, 0) is 37.8 Å². The van der Waals surface area contributed by atoms with Gasteiger partial charge in [-0.3, -0.25) is 4.57 Å². The van der Waals surface area contributed by atoms with E-state index >= 15 is 4.39 Å². The maximum absolute atomic E-state index is 15.3. The molecule has 6 nitrogen and oxygen atoms in total. The molecule has 3 aliphatic rings. The molecule has 4 heterocycles. The van der Waals surface area contributed by atoms with E-state index in [-0.39, 0.29) is 63.6 Å². The number of benzene rings is 2. The van der Waals surface area contributed by atoms with Crippen molar-refractivity contribution in [3.8, 4) is 0 Å². The van der Waals surface area contributed by atoms with Crippen LogP contribution < -0.4 is 15.9 Å². The Bertz CT molecular complexity index is 1540. The molecular formula is C26H26ClF5N4O2S. The predicted octanol–water partition coefficient (Wildman–Crippen LogP) is 4.98. The monoisotopic (exact) mass is 588 g/mol. The van der Waals surface area contributed by atoms with Gasteiger partial charge in [0.25, 0.3) is 0 Å². The molecule has 0 bridgehead atoms. The Morgan fingerprint density at radius 2 is 1.87 bits per heavy atom. The first-order chi connectivity index (χ1) is 18.4. The van der Waals surface area contributed by atoms with E-state index in [4.69, 9.17) is 16.3 Å². The molecule has 0 radical (unpaired) electrons. The Morgan fingerprint density at radius 1 is 1.13 bits per heavy atom. The summed E-state index contributed by atoms with van der Waals surface area (Å²) in [6.07, 6.45) is -4.71. The van der Waals surface area contributed by atoms with Crippen molar-refractivity contribution in [2.45, 2.75) is 48.4 Å². The molecule has 6 rings (SSSR count). The van der Waals surface area contributed by atoms with Crippen LogP contribution in [0.1, 0.15) is 19.4 Å². The van der Waals surface area contributed by atoms with E-state index in [0.717, 1.165) is 18.2 Å². The van der Waals surface area contributed by atoms with Crippen LogP contribution in [0.15, 0.2) is 38.9 Å². The first-order valence-corrected chi connectivity index (χ1v) is 14.4. The highest BCUT2D eigenvalue weighted by Gasteiger charge is 2.45. The van der Waals surface area contributed by atoms with Crippen LogP contribution in [0.2, 0.25) is 5.02 Å². The lowest BCUT2D eigenvalue weighted by Crippen LogP contribution is -2.55. The second-order valence-electron chi connectivity index (χ2n) is 10.8. The summed E-state index contributed by atoms with van der Waals surface area (Å²) >= 11 is 6.04. The zero-order valence-electron chi connectivity index (χ0n) is 21.1. The van der Waals surface area contributed by atoms with Gasteiger partial charge in [-0.25, -0.2) is 13.6 Å². The average molecular weight is 589 g/mol. The Balaban J connectivity index is 1.70. The maximum atomic E-state index is 15.3. The highest BCUT2D eigenvalue weighted by molar-refractivity contribution is 8.17. The van der Waals surface area contributed by atoms with Crippen LogP contribution in [0.5, 0.6) is 0 Å². The van der Waals surface area contributed by atoms with E-state index in [0.29, 0.717) is 24.7 Å². The molecule has 3 aliphatic heterocycles. The molecule has 1 spiro atoms. The number of nitrogens with zero attached hydrogens (tertiary/aromatic N) is 3. The third-order valence-corrected chi connectivity index (χ3v) is 10.9. The first-order valence-electron chi connectivity index (χ1n) is 12.5. The predicted molar refractivity (Wildman–Crippen MR) is 140 cm³/mol. The van der Waals surface area contributed by atoms with E-state index < -0.39 is 45.4 Å². The highest BCUT2D eigenvalue weighted by atomic mass is 35.5. The number of nitrogens with one attached hydrogen (secondary N) is 1. The van der Waals surface area contributed by atoms with Crippen LogP contribution in [0, 0.1) is 17.0 Å². The minimum absolute atomic E-state index is 0.0180. The Labute approximate surface area is 228 Å². The number of hydrogen-bond donors (Lipinski definition) is 2. The van der Waals surface area contributed by atoms with E-state index in [2.05, 4.69) is 10.3 Å². The topological polar surface area (TPSA) is 59.4 Å². The van der Waals surface area contributed by atoms with Gasteiger partial charge in [-0.15, -0.1) is 0 Å². The summed E-state index contributed by atoms with van der Waals surface area (Å²) in [6.45, 7) is 5.53. The van der Waals surface area contributed by atoms with Gasteiger partial charge in [0.2, 0.25) is 0 Å². The SMILES string of the molecule is C[C@@H]1CN(c2nc(=O)n3c4c(cc(C(F)(F)F)cc24)[SH](c2cc(Cl)c(F)cc2F)CC2(COC2)C3)[C@@H](C)CN1. The van der Waals surface area contributed by atoms with Crippen molar-refractivity contribution in [1.82, 2.24) is 14.9 Å². The molecule has 2 fully saturated rings. The molecule has 1 N–H and O–H groups in total. The van der Waals surface area contributed by atoms with Crippen molar-refractivity contribution in [2.24, 2.45) is 5.41 Å². The van der Waals surface area contributed by atoms with Gasteiger partial charge < -0.3 is 15.0 Å². The van der Waals surface area contributed by atoms with Gasteiger partial charge in [0, 0.05) is 58.4 Å². The molecular weight excluding hydrogens is 563 g/mol. The lowest BCUT2D eigenvalue weighted by molar-refractivity contribution is -0.137. The number of piperazine rings is 1. The molecule has 0 aliphatic carbocycles. The zero-order valence-corrected chi connectivity index (χ0v) is 22.7. The Morgan fingerprint density at radius 3 is 2.54 bits per heavy atom. The number of hydrogen-bond acceptors (Lipinski definition) is 5. The summed E-state index contributed by atoms with van der Waals surface area (Å²) in [6, 6.07) is 3.74. The van der Waals surface area contributed by atoms with Crippen LogP contribution in [0.3, 0.4) is 0 Å². The molecule has 13 heteroatoms. The van der Waals surface area contributed by atoms with Crippen LogP contribution >= 0.6 is 22.5 Å². The smallest absolute Gasteiger partial charge is 0.380 e. The largest absolute Gasteiger partial charge is 0.416 e. The normalized spacial score (nSPS) is 25.5. The molecule has 2 saturated heterocycles. The Hall–Kier alpha value is -2.41. The van der Waals surface area contributed by atoms with Crippen LogP contribution in [-0.4, -0.2) is 53.7 Å². The van der Waals surface area contributed by atoms with Gasteiger partial charge in [0.05, 0.1) is 29.3 Å². The van der Waals surface area contributed by atoms with E-state index in [9.17, 15) is 22.4 Å². The summed E-state index contributed by atoms with van der Waals surface area (Å²) in [4.78, 5) is 20.0. The maximum Gasteiger partial charge on any atom is 0.416 e. The van der Waals surface area contributed by atoms with Crippen molar-refractivity contribution in [1.29, 1.82) is 0 Å². The number of ether oxygens (including phenoxy) is 1. The quantitative estimate of drug-likeness (QED) is 0.251. The molecule has 0 saturated carbocycles. The van der Waals surface area contributed by atoms with Crippen molar-refractivity contribution in [3.05, 3.63) is 57.0 Å². The number of alkyl halides is 3. The average Bonchev–Trinajstić information content (AvgIpc) is 3.00. The molecule has 2 aromatic carbocycles. The van der Waals surface area contributed by atoms with Gasteiger partial charge in [0.1, 0.15) is 17.5 Å². The fourth-order valence-corrected chi connectivity index (χ4v) is 8.94. The second kappa shape index (κ2) is 9.32. The summed E-state index contributed by atoms with van der Waals surface area (Å²) in [7, 11) is -1.84. The van der Waals surface area contributed by atoms with Crippen molar-refractivity contribution >= 4 is 39.2 Å². The molecule has 39 heavy (non-hydrogen) atoms. The number of halogens is 6. The molecule has 210 valence electrons.